The van der Waals surface area contributed by atoms with Gasteiger partial charge in [0.05, 0.1) is 22.8 Å². The van der Waals surface area contributed by atoms with Crippen molar-refractivity contribution in [3.05, 3.63) is 132 Å². The first-order valence-corrected chi connectivity index (χ1v) is 16.9. The van der Waals surface area contributed by atoms with E-state index in [9.17, 15) is 12.8 Å². The van der Waals surface area contributed by atoms with Crippen LogP contribution in [0.5, 0.6) is 5.75 Å². The van der Waals surface area contributed by atoms with Gasteiger partial charge in [0.25, 0.3) is 0 Å². The fourth-order valence-electron chi connectivity index (χ4n) is 4.95. The number of ether oxygens (including phenoxy) is 1. The maximum absolute atomic E-state index is 13.5. The van der Waals surface area contributed by atoms with E-state index in [0.29, 0.717) is 52.5 Å². The van der Waals surface area contributed by atoms with E-state index in [2.05, 4.69) is 15.3 Å². The molecular weight excluding hydrogens is 627 g/mol. The Morgan fingerprint density at radius 1 is 0.935 bits per heavy atom. The number of hydrogen-bond acceptors (Lipinski definition) is 8. The van der Waals surface area contributed by atoms with Crippen LogP contribution in [0.1, 0.15) is 11.3 Å². The molecule has 234 valence electrons. The molecule has 1 N–H and O–H groups in total. The van der Waals surface area contributed by atoms with E-state index in [4.69, 9.17) is 20.8 Å². The largest absolute Gasteiger partial charge is 0.487 e. The van der Waals surface area contributed by atoms with Crippen molar-refractivity contribution in [2.45, 2.75) is 13.2 Å². The second-order valence-corrected chi connectivity index (χ2v) is 13.5. The zero-order valence-electron chi connectivity index (χ0n) is 24.9. The number of anilines is 3. The summed E-state index contributed by atoms with van der Waals surface area (Å²) in [5, 5.41) is 4.49. The molecule has 11 heteroatoms. The van der Waals surface area contributed by atoms with Crippen molar-refractivity contribution in [3.8, 4) is 17.1 Å². The van der Waals surface area contributed by atoms with E-state index in [1.807, 2.05) is 71.6 Å². The number of sulfone groups is 1. The topological polar surface area (TPSA) is 97.6 Å². The maximum Gasteiger partial charge on any atom is 0.149 e. The zero-order chi connectivity index (χ0) is 32.1. The summed E-state index contributed by atoms with van der Waals surface area (Å²) in [6, 6.07) is 30.8. The standard InChI is InChI=1S/C35H30ClFN4O4S/c1-46(42,43)17-16-41(28-8-3-2-4-9-28)21-29-12-15-33(45-29)25-10-13-32-30(19-25)35(39-23-38-32)40-27-11-14-34(31(36)20-27)44-22-24-6-5-7-26(37)18-24/h2-15,18-20,23H,16-17,21-22H2,1H3,(H,38,39,40). The number of rotatable bonds is 12. The van der Waals surface area contributed by atoms with Gasteiger partial charge < -0.3 is 19.4 Å². The molecule has 0 radical (unpaired) electrons. The molecule has 0 bridgehead atoms. The normalized spacial score (nSPS) is 11.5. The highest BCUT2D eigenvalue weighted by atomic mass is 35.5. The van der Waals surface area contributed by atoms with Gasteiger partial charge in [-0.2, -0.15) is 0 Å². The zero-order valence-corrected chi connectivity index (χ0v) is 26.4. The lowest BCUT2D eigenvalue weighted by atomic mass is 10.1. The molecule has 0 aliphatic carbocycles. The second kappa shape index (κ2) is 13.6. The van der Waals surface area contributed by atoms with Gasteiger partial charge in [-0.05, 0) is 78.4 Å². The van der Waals surface area contributed by atoms with E-state index in [1.165, 1.54) is 24.7 Å². The van der Waals surface area contributed by atoms with Gasteiger partial charge in [-0.1, -0.05) is 41.9 Å². The van der Waals surface area contributed by atoms with Gasteiger partial charge in [0.15, 0.2) is 0 Å². The number of halogens is 2. The highest BCUT2D eigenvalue weighted by molar-refractivity contribution is 7.90. The number of furan rings is 1. The Kier molecular flexibility index (Phi) is 9.18. The van der Waals surface area contributed by atoms with Crippen LogP contribution in [0.15, 0.2) is 114 Å². The molecule has 0 amide bonds. The van der Waals surface area contributed by atoms with Crippen molar-refractivity contribution in [3.63, 3.8) is 0 Å². The minimum atomic E-state index is -3.14. The van der Waals surface area contributed by atoms with Gasteiger partial charge in [0.2, 0.25) is 0 Å². The molecule has 8 nitrogen and oxygen atoms in total. The van der Waals surface area contributed by atoms with Gasteiger partial charge in [0, 0.05) is 35.1 Å². The Labute approximate surface area is 271 Å². The van der Waals surface area contributed by atoms with Crippen molar-refractivity contribution >= 4 is 49.5 Å². The quantitative estimate of drug-likeness (QED) is 0.141. The summed E-state index contributed by atoms with van der Waals surface area (Å²) in [6.45, 7) is 0.931. The Morgan fingerprint density at radius 3 is 2.57 bits per heavy atom. The number of benzene rings is 4. The van der Waals surface area contributed by atoms with Gasteiger partial charge in [-0.25, -0.2) is 22.8 Å². The third kappa shape index (κ3) is 7.82. The fourth-order valence-corrected chi connectivity index (χ4v) is 5.74. The monoisotopic (exact) mass is 656 g/mol. The number of aromatic nitrogens is 2. The molecule has 0 saturated carbocycles. The third-order valence-electron chi connectivity index (χ3n) is 7.26. The van der Waals surface area contributed by atoms with Crippen molar-refractivity contribution in [2.75, 3.05) is 28.8 Å². The summed E-state index contributed by atoms with van der Waals surface area (Å²) < 4.78 is 49.3. The fraction of sp³-hybridized carbons (Fsp3) is 0.143. The molecule has 6 aromatic rings. The Balaban J connectivity index is 1.20. The lowest BCUT2D eigenvalue weighted by Gasteiger charge is -2.23. The van der Waals surface area contributed by atoms with Crippen LogP contribution in [-0.4, -0.2) is 36.9 Å². The van der Waals surface area contributed by atoms with Gasteiger partial charge in [-0.15, -0.1) is 0 Å². The number of fused-ring (bicyclic) bond motifs is 1. The first-order chi connectivity index (χ1) is 22.2. The summed E-state index contributed by atoms with van der Waals surface area (Å²) >= 11 is 6.52. The predicted octanol–water partition coefficient (Wildman–Crippen LogP) is 8.06. The highest BCUT2D eigenvalue weighted by Gasteiger charge is 2.15. The minimum absolute atomic E-state index is 0.0335. The molecule has 6 rings (SSSR count). The number of hydrogen-bond donors (Lipinski definition) is 1. The van der Waals surface area contributed by atoms with E-state index in [-0.39, 0.29) is 18.2 Å². The Hall–Kier alpha value is -4.93. The summed E-state index contributed by atoms with van der Waals surface area (Å²) in [5.74, 6) is 2.12. The Morgan fingerprint density at radius 2 is 1.78 bits per heavy atom. The average molecular weight is 657 g/mol. The van der Waals surface area contributed by atoms with Crippen LogP contribution < -0.4 is 15.0 Å². The summed E-state index contributed by atoms with van der Waals surface area (Å²) in [4.78, 5) is 10.9. The van der Waals surface area contributed by atoms with E-state index in [1.54, 1.807) is 24.3 Å². The summed E-state index contributed by atoms with van der Waals surface area (Å²) in [5.41, 5.74) is 3.88. The maximum atomic E-state index is 13.5. The van der Waals surface area contributed by atoms with E-state index in [0.717, 1.165) is 22.2 Å². The average Bonchev–Trinajstić information content (AvgIpc) is 3.51. The smallest absolute Gasteiger partial charge is 0.149 e. The molecule has 4 aromatic carbocycles. The summed E-state index contributed by atoms with van der Waals surface area (Å²) in [7, 11) is -3.14. The van der Waals surface area contributed by atoms with Crippen LogP contribution in [-0.2, 0) is 23.0 Å². The molecular formula is C35H30ClFN4O4S. The van der Waals surface area contributed by atoms with Crippen molar-refractivity contribution in [2.24, 2.45) is 0 Å². The van der Waals surface area contributed by atoms with Gasteiger partial charge >= 0.3 is 0 Å². The van der Waals surface area contributed by atoms with Crippen LogP contribution in [0.25, 0.3) is 22.2 Å². The van der Waals surface area contributed by atoms with Gasteiger partial charge in [0.1, 0.15) is 51.7 Å². The molecule has 2 aromatic heterocycles. The van der Waals surface area contributed by atoms with Crippen LogP contribution in [0.2, 0.25) is 5.02 Å². The highest BCUT2D eigenvalue weighted by Crippen LogP contribution is 2.33. The second-order valence-electron chi connectivity index (χ2n) is 10.8. The van der Waals surface area contributed by atoms with E-state index < -0.39 is 9.84 Å². The number of para-hydroxylation sites is 1. The SMILES string of the molecule is CS(=O)(=O)CCN(Cc1ccc(-c2ccc3ncnc(Nc4ccc(OCc5cccc(F)c5)c(Cl)c4)c3c2)o1)c1ccccc1. The lowest BCUT2D eigenvalue weighted by molar-refractivity contribution is 0.306. The first kappa shape index (κ1) is 31.1. The lowest BCUT2D eigenvalue weighted by Crippen LogP contribution is -2.28. The molecule has 2 heterocycles. The molecule has 0 spiro atoms. The molecule has 0 saturated heterocycles. The minimum Gasteiger partial charge on any atom is -0.487 e. The predicted molar refractivity (Wildman–Crippen MR) is 180 cm³/mol. The first-order valence-electron chi connectivity index (χ1n) is 14.5. The molecule has 46 heavy (non-hydrogen) atoms. The van der Waals surface area contributed by atoms with Crippen molar-refractivity contribution in [1.82, 2.24) is 9.97 Å². The number of nitrogens with zero attached hydrogens (tertiary/aromatic N) is 3. The van der Waals surface area contributed by atoms with Crippen LogP contribution in [0, 0.1) is 5.82 Å². The van der Waals surface area contributed by atoms with Crippen LogP contribution in [0.4, 0.5) is 21.6 Å². The molecule has 0 atom stereocenters. The molecule has 0 aliphatic heterocycles. The molecule has 0 aliphatic rings. The van der Waals surface area contributed by atoms with Crippen LogP contribution >= 0.6 is 11.6 Å². The van der Waals surface area contributed by atoms with Gasteiger partial charge in [-0.3, -0.25) is 0 Å². The third-order valence-corrected chi connectivity index (χ3v) is 8.48. The van der Waals surface area contributed by atoms with E-state index >= 15 is 0 Å². The Bertz CT molecular complexity index is 2090. The number of nitrogens with one attached hydrogen (secondary N) is 1. The van der Waals surface area contributed by atoms with Crippen molar-refractivity contribution in [1.29, 1.82) is 0 Å². The van der Waals surface area contributed by atoms with Crippen molar-refractivity contribution < 1.29 is 22.0 Å². The molecule has 0 fully saturated rings. The summed E-state index contributed by atoms with van der Waals surface area (Å²) in [6.07, 6.45) is 2.73. The molecule has 0 unspecified atom stereocenters. The van der Waals surface area contributed by atoms with Crippen LogP contribution in [0.3, 0.4) is 0 Å².